The number of aromatic nitrogens is 3. The molecule has 1 aliphatic heterocycles. The molecule has 0 spiro atoms. The van der Waals surface area contributed by atoms with Crippen LogP contribution in [0.5, 0.6) is 0 Å². The van der Waals surface area contributed by atoms with Gasteiger partial charge in [0.15, 0.2) is 17.4 Å². The van der Waals surface area contributed by atoms with Gasteiger partial charge in [0.1, 0.15) is 6.61 Å². The average Bonchev–Trinajstić information content (AvgIpc) is 3.02. The molecule has 0 saturated carbocycles. The minimum absolute atomic E-state index is 0.00156. The Kier molecular flexibility index (Phi) is 8.88. The van der Waals surface area contributed by atoms with Crippen molar-refractivity contribution in [3.05, 3.63) is 109 Å². The Labute approximate surface area is 243 Å². The van der Waals surface area contributed by atoms with Gasteiger partial charge in [-0.3, -0.25) is 9.78 Å². The van der Waals surface area contributed by atoms with E-state index in [1.807, 2.05) is 59.5 Å². The van der Waals surface area contributed by atoms with Crippen molar-refractivity contribution >= 4 is 29.2 Å². The Bertz CT molecular complexity index is 1560. The highest BCUT2D eigenvalue weighted by Crippen LogP contribution is 2.30. The number of carbonyl (C=O) groups excluding carboxylic acids is 2. The SMILES string of the molecule is C=C1OCCCN1c1ccncc1NC(=O)c1nc(-c2ccc(CCNC(=O)OCc3ccccc3)cc2)cnc1N. The summed E-state index contributed by atoms with van der Waals surface area (Å²) in [5.41, 5.74) is 10.4. The monoisotopic (exact) mass is 565 g/mol. The summed E-state index contributed by atoms with van der Waals surface area (Å²) in [6.07, 6.45) is 5.69. The first-order chi connectivity index (χ1) is 20.5. The van der Waals surface area contributed by atoms with Crippen LogP contribution in [0.15, 0.2) is 91.7 Å². The van der Waals surface area contributed by atoms with Gasteiger partial charge in [-0.25, -0.2) is 14.8 Å². The summed E-state index contributed by atoms with van der Waals surface area (Å²) in [4.78, 5) is 40.0. The number of hydrogen-bond acceptors (Lipinski definition) is 9. The van der Waals surface area contributed by atoms with Gasteiger partial charge < -0.3 is 30.7 Å². The summed E-state index contributed by atoms with van der Waals surface area (Å²) in [7, 11) is 0. The molecular formula is C31H31N7O4. The summed E-state index contributed by atoms with van der Waals surface area (Å²) in [5.74, 6) is 0.00204. The summed E-state index contributed by atoms with van der Waals surface area (Å²) in [6, 6.07) is 18.9. The number of nitrogens with zero attached hydrogens (tertiary/aromatic N) is 4. The van der Waals surface area contributed by atoms with Crippen molar-refractivity contribution in [2.24, 2.45) is 0 Å². The molecule has 2 amide bonds. The zero-order valence-electron chi connectivity index (χ0n) is 23.0. The lowest BCUT2D eigenvalue weighted by atomic mass is 10.1. The summed E-state index contributed by atoms with van der Waals surface area (Å²) in [6.45, 7) is 5.91. The van der Waals surface area contributed by atoms with Gasteiger partial charge in [-0.2, -0.15) is 0 Å². The van der Waals surface area contributed by atoms with E-state index in [1.54, 1.807) is 18.5 Å². The molecule has 4 N–H and O–H groups in total. The Balaban J connectivity index is 1.19. The van der Waals surface area contributed by atoms with Crippen LogP contribution in [-0.2, 0) is 22.5 Å². The number of rotatable bonds is 9. The van der Waals surface area contributed by atoms with Crippen LogP contribution in [0.3, 0.4) is 0 Å². The number of nitrogen functional groups attached to an aromatic ring is 1. The van der Waals surface area contributed by atoms with Crippen molar-refractivity contribution < 1.29 is 19.1 Å². The smallest absolute Gasteiger partial charge is 0.407 e. The maximum atomic E-state index is 13.3. The van der Waals surface area contributed by atoms with Crippen LogP contribution in [0.25, 0.3) is 11.3 Å². The highest BCUT2D eigenvalue weighted by atomic mass is 16.5. The third kappa shape index (κ3) is 7.00. The minimum Gasteiger partial charge on any atom is -0.479 e. The number of hydrogen-bond donors (Lipinski definition) is 3. The fraction of sp³-hybridized carbons (Fsp3) is 0.194. The molecule has 1 fully saturated rings. The second-order valence-electron chi connectivity index (χ2n) is 9.52. The molecule has 42 heavy (non-hydrogen) atoms. The zero-order valence-corrected chi connectivity index (χ0v) is 23.0. The molecule has 0 bridgehead atoms. The number of amides is 2. The van der Waals surface area contributed by atoms with Crippen LogP contribution in [0.1, 0.15) is 28.0 Å². The highest BCUT2D eigenvalue weighted by Gasteiger charge is 2.22. The molecular weight excluding hydrogens is 534 g/mol. The second-order valence-corrected chi connectivity index (χ2v) is 9.52. The van der Waals surface area contributed by atoms with Crippen molar-refractivity contribution in [2.45, 2.75) is 19.4 Å². The number of nitrogens with two attached hydrogens (primary N) is 1. The number of anilines is 3. The second kappa shape index (κ2) is 13.3. The van der Waals surface area contributed by atoms with Gasteiger partial charge in [0.05, 0.1) is 36.1 Å². The Morgan fingerprint density at radius 3 is 2.64 bits per heavy atom. The molecule has 1 saturated heterocycles. The van der Waals surface area contributed by atoms with Gasteiger partial charge in [0, 0.05) is 24.8 Å². The molecule has 5 rings (SSSR count). The van der Waals surface area contributed by atoms with E-state index in [-0.39, 0.29) is 18.1 Å². The van der Waals surface area contributed by atoms with Crippen LogP contribution in [0.4, 0.5) is 22.0 Å². The Morgan fingerprint density at radius 2 is 1.86 bits per heavy atom. The Hall–Kier alpha value is -5.45. The maximum Gasteiger partial charge on any atom is 0.407 e. The lowest BCUT2D eigenvalue weighted by Gasteiger charge is -2.31. The minimum atomic E-state index is -0.513. The van der Waals surface area contributed by atoms with Crippen molar-refractivity contribution in [1.29, 1.82) is 0 Å². The number of benzene rings is 2. The van der Waals surface area contributed by atoms with Crippen LogP contribution in [0.2, 0.25) is 0 Å². The van der Waals surface area contributed by atoms with E-state index < -0.39 is 12.0 Å². The fourth-order valence-electron chi connectivity index (χ4n) is 4.40. The number of ether oxygens (including phenoxy) is 2. The predicted molar refractivity (Wildman–Crippen MR) is 159 cm³/mol. The van der Waals surface area contributed by atoms with E-state index >= 15 is 0 Å². The maximum absolute atomic E-state index is 13.3. The van der Waals surface area contributed by atoms with Gasteiger partial charge in [-0.05, 0) is 36.6 Å². The van der Waals surface area contributed by atoms with Gasteiger partial charge in [0.2, 0.25) is 0 Å². The van der Waals surface area contributed by atoms with E-state index in [2.05, 4.69) is 32.2 Å². The van der Waals surface area contributed by atoms with Gasteiger partial charge in [0.25, 0.3) is 5.91 Å². The van der Waals surface area contributed by atoms with E-state index in [9.17, 15) is 9.59 Å². The molecule has 3 heterocycles. The lowest BCUT2D eigenvalue weighted by Crippen LogP contribution is -2.31. The zero-order chi connectivity index (χ0) is 29.3. The lowest BCUT2D eigenvalue weighted by molar-refractivity contribution is 0.102. The van der Waals surface area contributed by atoms with E-state index in [4.69, 9.17) is 15.2 Å². The molecule has 0 aliphatic carbocycles. The average molecular weight is 566 g/mol. The standard InChI is InChI=1S/C31H31N7O4/c1-21-38(16-5-17-41-21)27-13-14-33-18-26(27)37-30(39)28-29(32)35-19-25(36-28)24-10-8-22(9-11-24)12-15-34-31(40)42-20-23-6-3-2-4-7-23/h2-4,6-11,13-14,18-19H,1,5,12,15-17,20H2,(H2,32,35)(H,34,40)(H,37,39). The molecule has 11 nitrogen and oxygen atoms in total. The van der Waals surface area contributed by atoms with Crippen molar-refractivity contribution in [3.63, 3.8) is 0 Å². The number of alkyl carbamates (subject to hydrolysis) is 1. The van der Waals surface area contributed by atoms with Gasteiger partial charge in [-0.15, -0.1) is 0 Å². The highest BCUT2D eigenvalue weighted by molar-refractivity contribution is 6.07. The largest absolute Gasteiger partial charge is 0.479 e. The first-order valence-corrected chi connectivity index (χ1v) is 13.5. The molecule has 11 heteroatoms. The first-order valence-electron chi connectivity index (χ1n) is 13.5. The topological polar surface area (TPSA) is 145 Å². The molecule has 0 unspecified atom stereocenters. The predicted octanol–water partition coefficient (Wildman–Crippen LogP) is 4.54. The van der Waals surface area contributed by atoms with Crippen LogP contribution in [-0.4, -0.2) is 46.6 Å². The van der Waals surface area contributed by atoms with Crippen molar-refractivity contribution in [1.82, 2.24) is 20.3 Å². The number of pyridine rings is 1. The Morgan fingerprint density at radius 1 is 1.05 bits per heavy atom. The van der Waals surface area contributed by atoms with Gasteiger partial charge >= 0.3 is 6.09 Å². The van der Waals surface area contributed by atoms with E-state index in [0.29, 0.717) is 49.1 Å². The van der Waals surface area contributed by atoms with E-state index in [1.165, 1.54) is 6.20 Å². The normalized spacial score (nSPS) is 12.8. The van der Waals surface area contributed by atoms with Crippen LogP contribution < -0.4 is 21.3 Å². The summed E-state index contributed by atoms with van der Waals surface area (Å²) >= 11 is 0. The molecule has 4 aromatic rings. The molecule has 0 atom stereocenters. The molecule has 2 aromatic heterocycles. The van der Waals surface area contributed by atoms with Crippen LogP contribution >= 0.6 is 0 Å². The molecule has 1 aliphatic rings. The fourth-order valence-corrected chi connectivity index (χ4v) is 4.40. The van der Waals surface area contributed by atoms with Crippen LogP contribution in [0, 0.1) is 0 Å². The van der Waals surface area contributed by atoms with E-state index in [0.717, 1.165) is 23.1 Å². The molecule has 2 aromatic carbocycles. The van der Waals surface area contributed by atoms with Gasteiger partial charge in [-0.1, -0.05) is 54.6 Å². The third-order valence-electron chi connectivity index (χ3n) is 6.59. The van der Waals surface area contributed by atoms with Crippen molar-refractivity contribution in [3.8, 4) is 11.3 Å². The first kappa shape index (κ1) is 28.1. The van der Waals surface area contributed by atoms with Crippen molar-refractivity contribution in [2.75, 3.05) is 35.6 Å². The third-order valence-corrected chi connectivity index (χ3v) is 6.59. The number of nitrogens with one attached hydrogen (secondary N) is 2. The quantitative estimate of drug-likeness (QED) is 0.266. The summed E-state index contributed by atoms with van der Waals surface area (Å²) in [5, 5.41) is 5.62. The number of carbonyl (C=O) groups is 2. The molecule has 0 radical (unpaired) electrons. The molecule has 214 valence electrons. The summed E-state index contributed by atoms with van der Waals surface area (Å²) < 4.78 is 10.8.